The molecule has 0 aliphatic carbocycles. The van der Waals surface area contributed by atoms with Gasteiger partial charge in [-0.1, -0.05) is 30.3 Å². The van der Waals surface area contributed by atoms with Crippen molar-refractivity contribution in [1.29, 1.82) is 0 Å². The maximum Gasteiger partial charge on any atom is 0.265 e. The van der Waals surface area contributed by atoms with Crippen LogP contribution in [0.15, 0.2) is 54.6 Å². The molecule has 4 heteroatoms. The Bertz CT molecular complexity index is 579. The van der Waals surface area contributed by atoms with Crippen LogP contribution in [-0.2, 0) is 4.79 Å². The minimum Gasteiger partial charge on any atom is -0.481 e. The van der Waals surface area contributed by atoms with Crippen molar-refractivity contribution in [1.82, 2.24) is 0 Å². The second-order valence-corrected chi connectivity index (χ2v) is 4.86. The predicted octanol–water partition coefficient (Wildman–Crippen LogP) is 3.15. The van der Waals surface area contributed by atoms with Gasteiger partial charge in [0.25, 0.3) is 5.91 Å². The van der Waals surface area contributed by atoms with Crippen LogP contribution in [0.5, 0.6) is 5.75 Å². The zero-order valence-electron chi connectivity index (χ0n) is 12.1. The van der Waals surface area contributed by atoms with Crippen LogP contribution >= 0.6 is 0 Å². The summed E-state index contributed by atoms with van der Waals surface area (Å²) in [4.78, 5) is 12.0. The molecule has 0 aliphatic rings. The van der Waals surface area contributed by atoms with E-state index in [1.165, 1.54) is 0 Å². The van der Waals surface area contributed by atoms with Gasteiger partial charge in [-0.05, 0) is 43.7 Å². The van der Waals surface area contributed by atoms with Gasteiger partial charge >= 0.3 is 0 Å². The van der Waals surface area contributed by atoms with Gasteiger partial charge in [0.05, 0.1) is 6.10 Å². The number of amides is 1. The maximum absolute atomic E-state index is 12.0. The zero-order valence-corrected chi connectivity index (χ0v) is 12.1. The number of carbonyl (C=O) groups excluding carboxylic acids is 1. The summed E-state index contributed by atoms with van der Waals surface area (Å²) in [5, 5.41) is 12.2. The number of hydrogen-bond donors (Lipinski definition) is 2. The molecule has 0 spiro atoms. The molecule has 21 heavy (non-hydrogen) atoms. The van der Waals surface area contributed by atoms with Crippen molar-refractivity contribution in [3.8, 4) is 5.75 Å². The zero-order chi connectivity index (χ0) is 15.2. The standard InChI is InChI=1S/C17H19NO3/c1-12(19)14-8-10-16(11-9-14)21-13(2)17(20)18-15-6-4-3-5-7-15/h3-13,19H,1-2H3,(H,18,20)/t12-,13?/m0/s1. The molecule has 2 N–H and O–H groups in total. The first kappa shape index (κ1) is 15.1. The molecular weight excluding hydrogens is 266 g/mol. The van der Waals surface area contributed by atoms with E-state index in [2.05, 4.69) is 5.32 Å². The fourth-order valence-electron chi connectivity index (χ4n) is 1.85. The average Bonchev–Trinajstić information content (AvgIpc) is 2.48. The van der Waals surface area contributed by atoms with Crippen LogP contribution in [0.3, 0.4) is 0 Å². The van der Waals surface area contributed by atoms with Gasteiger partial charge in [0, 0.05) is 5.69 Å². The monoisotopic (exact) mass is 285 g/mol. The van der Waals surface area contributed by atoms with Crippen LogP contribution in [0.4, 0.5) is 5.69 Å². The maximum atomic E-state index is 12.0. The predicted molar refractivity (Wildman–Crippen MR) is 82.2 cm³/mol. The Morgan fingerprint density at radius 2 is 1.67 bits per heavy atom. The summed E-state index contributed by atoms with van der Waals surface area (Å²) < 4.78 is 5.59. The first-order valence-electron chi connectivity index (χ1n) is 6.87. The Morgan fingerprint density at radius 1 is 1.05 bits per heavy atom. The molecule has 0 heterocycles. The van der Waals surface area contributed by atoms with Gasteiger partial charge in [-0.2, -0.15) is 0 Å². The van der Waals surface area contributed by atoms with Crippen LogP contribution in [0.25, 0.3) is 0 Å². The summed E-state index contributed by atoms with van der Waals surface area (Å²) in [7, 11) is 0. The van der Waals surface area contributed by atoms with Gasteiger partial charge in [0.1, 0.15) is 5.75 Å². The van der Waals surface area contributed by atoms with Gasteiger partial charge in [-0.15, -0.1) is 0 Å². The molecular formula is C17H19NO3. The lowest BCUT2D eigenvalue weighted by molar-refractivity contribution is -0.122. The summed E-state index contributed by atoms with van der Waals surface area (Å²) >= 11 is 0. The lowest BCUT2D eigenvalue weighted by Crippen LogP contribution is -2.30. The molecule has 2 aromatic carbocycles. The summed E-state index contributed by atoms with van der Waals surface area (Å²) in [6.07, 6.45) is -1.12. The van der Waals surface area contributed by atoms with E-state index in [-0.39, 0.29) is 5.91 Å². The lowest BCUT2D eigenvalue weighted by atomic mass is 10.1. The number of aliphatic hydroxyl groups excluding tert-OH is 1. The number of aliphatic hydroxyl groups is 1. The summed E-state index contributed by atoms with van der Waals surface area (Å²) in [6.45, 7) is 3.40. The number of anilines is 1. The Labute approximate surface area is 124 Å². The number of nitrogens with one attached hydrogen (secondary N) is 1. The third-order valence-corrected chi connectivity index (χ3v) is 3.09. The Hall–Kier alpha value is -2.33. The quantitative estimate of drug-likeness (QED) is 0.887. The van der Waals surface area contributed by atoms with Crippen LogP contribution in [0.1, 0.15) is 25.5 Å². The summed E-state index contributed by atoms with van der Waals surface area (Å²) in [6, 6.07) is 16.3. The first-order chi connectivity index (χ1) is 10.1. The van der Waals surface area contributed by atoms with Crippen LogP contribution < -0.4 is 10.1 Å². The Kier molecular flexibility index (Phi) is 4.95. The van der Waals surface area contributed by atoms with Crippen molar-refractivity contribution in [3.05, 3.63) is 60.2 Å². The minimum absolute atomic E-state index is 0.208. The van der Waals surface area contributed by atoms with E-state index in [9.17, 15) is 9.90 Å². The van der Waals surface area contributed by atoms with Crippen LogP contribution in [0, 0.1) is 0 Å². The third-order valence-electron chi connectivity index (χ3n) is 3.09. The van der Waals surface area contributed by atoms with E-state index in [0.29, 0.717) is 5.75 Å². The highest BCUT2D eigenvalue weighted by Crippen LogP contribution is 2.18. The molecule has 2 aromatic rings. The Balaban J connectivity index is 1.94. The van der Waals surface area contributed by atoms with Gasteiger partial charge in [-0.25, -0.2) is 0 Å². The highest BCUT2D eigenvalue weighted by Gasteiger charge is 2.14. The van der Waals surface area contributed by atoms with E-state index in [4.69, 9.17) is 4.74 Å². The molecule has 2 rings (SSSR count). The van der Waals surface area contributed by atoms with Crippen molar-refractivity contribution in [2.75, 3.05) is 5.32 Å². The van der Waals surface area contributed by atoms with E-state index in [1.54, 1.807) is 38.1 Å². The van der Waals surface area contributed by atoms with Crippen molar-refractivity contribution in [2.24, 2.45) is 0 Å². The van der Waals surface area contributed by atoms with E-state index in [1.807, 2.05) is 30.3 Å². The lowest BCUT2D eigenvalue weighted by Gasteiger charge is -2.15. The number of ether oxygens (including phenoxy) is 1. The third kappa shape index (κ3) is 4.33. The normalized spacial score (nSPS) is 13.3. The number of hydrogen-bond acceptors (Lipinski definition) is 3. The van der Waals surface area contributed by atoms with Gasteiger partial charge in [-0.3, -0.25) is 4.79 Å². The smallest absolute Gasteiger partial charge is 0.265 e. The first-order valence-corrected chi connectivity index (χ1v) is 6.87. The van der Waals surface area contributed by atoms with Crippen LogP contribution in [0.2, 0.25) is 0 Å². The summed E-state index contributed by atoms with van der Waals surface area (Å²) in [5.41, 5.74) is 1.55. The molecule has 110 valence electrons. The number of para-hydroxylation sites is 1. The molecule has 1 amide bonds. The molecule has 0 aliphatic heterocycles. The molecule has 0 aromatic heterocycles. The SMILES string of the molecule is CC(Oc1ccc([C@H](C)O)cc1)C(=O)Nc1ccccc1. The second-order valence-electron chi connectivity index (χ2n) is 4.86. The molecule has 4 nitrogen and oxygen atoms in total. The number of benzene rings is 2. The second kappa shape index (κ2) is 6.90. The molecule has 0 saturated heterocycles. The molecule has 1 unspecified atom stereocenters. The summed E-state index contributed by atoms with van der Waals surface area (Å²) in [5.74, 6) is 0.385. The van der Waals surface area contributed by atoms with E-state index >= 15 is 0 Å². The largest absolute Gasteiger partial charge is 0.481 e. The van der Waals surface area contributed by atoms with E-state index < -0.39 is 12.2 Å². The molecule has 0 saturated carbocycles. The van der Waals surface area contributed by atoms with Gasteiger partial charge in [0.2, 0.25) is 0 Å². The fraction of sp³-hybridized carbons (Fsp3) is 0.235. The highest BCUT2D eigenvalue weighted by molar-refractivity contribution is 5.94. The average molecular weight is 285 g/mol. The van der Waals surface area contributed by atoms with Crippen LogP contribution in [-0.4, -0.2) is 17.1 Å². The van der Waals surface area contributed by atoms with Crippen molar-refractivity contribution < 1.29 is 14.6 Å². The van der Waals surface area contributed by atoms with Gasteiger partial charge < -0.3 is 15.2 Å². The minimum atomic E-state index is -0.609. The molecule has 0 fully saturated rings. The van der Waals surface area contributed by atoms with Crippen molar-refractivity contribution in [3.63, 3.8) is 0 Å². The Morgan fingerprint density at radius 3 is 2.24 bits per heavy atom. The number of carbonyl (C=O) groups is 1. The molecule has 0 radical (unpaired) electrons. The van der Waals surface area contributed by atoms with E-state index in [0.717, 1.165) is 11.3 Å². The molecule has 0 bridgehead atoms. The highest BCUT2D eigenvalue weighted by atomic mass is 16.5. The molecule has 2 atom stereocenters. The van der Waals surface area contributed by atoms with Gasteiger partial charge in [0.15, 0.2) is 6.10 Å². The van der Waals surface area contributed by atoms with Crippen molar-refractivity contribution >= 4 is 11.6 Å². The van der Waals surface area contributed by atoms with Crippen molar-refractivity contribution in [2.45, 2.75) is 26.1 Å². The topological polar surface area (TPSA) is 58.6 Å². The fourth-order valence-corrected chi connectivity index (χ4v) is 1.85. The number of rotatable bonds is 5.